The van der Waals surface area contributed by atoms with Crippen molar-refractivity contribution in [2.75, 3.05) is 0 Å². The van der Waals surface area contributed by atoms with Crippen molar-refractivity contribution in [2.24, 2.45) is 10.3 Å². The number of hydrogen-bond acceptors (Lipinski definition) is 4. The number of nitrogens with zero attached hydrogens (tertiary/aromatic N) is 2. The second-order valence-corrected chi connectivity index (χ2v) is 2.95. The first kappa shape index (κ1) is 10.2. The summed E-state index contributed by atoms with van der Waals surface area (Å²) in [6.07, 6.45) is 0. The predicted molar refractivity (Wildman–Crippen MR) is 54.4 cm³/mol. The molecule has 0 aliphatic rings. The summed E-state index contributed by atoms with van der Waals surface area (Å²) in [6, 6.07) is 7.22. The van der Waals surface area contributed by atoms with E-state index in [9.17, 15) is 0 Å². The summed E-state index contributed by atoms with van der Waals surface area (Å²) in [5.74, 6) is 0. The van der Waals surface area contributed by atoms with Gasteiger partial charge >= 0.3 is 0 Å². The Morgan fingerprint density at radius 3 is 1.36 bits per heavy atom. The Balaban J connectivity index is 3.01. The predicted octanol–water partition coefficient (Wildman–Crippen LogP) is 2.08. The molecule has 0 aromatic heterocycles. The molecular weight excluding hydrogens is 180 g/mol. The Bertz CT molecular complexity index is 329. The zero-order valence-corrected chi connectivity index (χ0v) is 8.10. The molecule has 2 N–H and O–H groups in total. The summed E-state index contributed by atoms with van der Waals surface area (Å²) in [6.45, 7) is 3.42. The Morgan fingerprint density at radius 2 is 1.14 bits per heavy atom. The average molecular weight is 192 g/mol. The molecule has 0 saturated carbocycles. The van der Waals surface area contributed by atoms with E-state index in [0.717, 1.165) is 11.1 Å². The van der Waals surface area contributed by atoms with E-state index < -0.39 is 0 Å². The minimum Gasteiger partial charge on any atom is -0.411 e. The van der Waals surface area contributed by atoms with E-state index in [1.54, 1.807) is 38.1 Å². The van der Waals surface area contributed by atoms with Gasteiger partial charge in [0.05, 0.1) is 11.4 Å². The average Bonchev–Trinajstić information content (AvgIpc) is 2.27. The first-order valence-electron chi connectivity index (χ1n) is 4.17. The van der Waals surface area contributed by atoms with Crippen molar-refractivity contribution < 1.29 is 10.4 Å². The molecule has 1 aromatic rings. The van der Waals surface area contributed by atoms with E-state index in [4.69, 9.17) is 10.4 Å². The molecule has 0 atom stereocenters. The number of hydrogen-bond donors (Lipinski definition) is 2. The van der Waals surface area contributed by atoms with Crippen molar-refractivity contribution in [3.05, 3.63) is 35.4 Å². The van der Waals surface area contributed by atoms with Gasteiger partial charge in [-0.25, -0.2) is 0 Å². The van der Waals surface area contributed by atoms with Gasteiger partial charge in [0.1, 0.15) is 0 Å². The number of oxime groups is 2. The molecule has 1 aromatic carbocycles. The third-order valence-corrected chi connectivity index (χ3v) is 2.02. The van der Waals surface area contributed by atoms with Crippen LogP contribution in [0.1, 0.15) is 25.0 Å². The molecule has 14 heavy (non-hydrogen) atoms. The van der Waals surface area contributed by atoms with Gasteiger partial charge in [0.15, 0.2) is 0 Å². The Kier molecular flexibility index (Phi) is 3.23. The van der Waals surface area contributed by atoms with Gasteiger partial charge in [0, 0.05) is 0 Å². The van der Waals surface area contributed by atoms with Crippen molar-refractivity contribution in [1.29, 1.82) is 0 Å². The van der Waals surface area contributed by atoms with Gasteiger partial charge in [-0.05, 0) is 25.0 Å². The monoisotopic (exact) mass is 192 g/mol. The summed E-state index contributed by atoms with van der Waals surface area (Å²) in [5.41, 5.74) is 2.77. The normalized spacial score (nSPS) is 13.0. The van der Waals surface area contributed by atoms with Crippen LogP contribution in [0.15, 0.2) is 34.6 Å². The van der Waals surface area contributed by atoms with Crippen LogP contribution in [-0.4, -0.2) is 21.8 Å². The third kappa shape index (κ3) is 2.10. The van der Waals surface area contributed by atoms with Gasteiger partial charge in [0.2, 0.25) is 0 Å². The van der Waals surface area contributed by atoms with Gasteiger partial charge in [-0.2, -0.15) is 0 Å². The van der Waals surface area contributed by atoms with Crippen molar-refractivity contribution >= 4 is 11.4 Å². The first-order chi connectivity index (χ1) is 6.69. The Labute approximate surface area is 82.2 Å². The molecule has 4 heteroatoms. The summed E-state index contributed by atoms with van der Waals surface area (Å²) in [5, 5.41) is 23.3. The highest BCUT2D eigenvalue weighted by Gasteiger charge is 2.00. The van der Waals surface area contributed by atoms with Crippen molar-refractivity contribution in [2.45, 2.75) is 13.8 Å². The Morgan fingerprint density at radius 1 is 0.857 bits per heavy atom. The second-order valence-electron chi connectivity index (χ2n) is 2.95. The molecule has 0 amide bonds. The molecule has 0 unspecified atom stereocenters. The molecular formula is C10H12N2O2. The van der Waals surface area contributed by atoms with E-state index in [2.05, 4.69) is 10.3 Å². The maximum Gasteiger partial charge on any atom is 0.0836 e. The fourth-order valence-electron chi connectivity index (χ4n) is 1.07. The SMILES string of the molecule is C/C(=N/O)c1ccc(/C(C)=N\O)cc1. The molecule has 0 aliphatic carbocycles. The molecule has 0 heterocycles. The van der Waals surface area contributed by atoms with Gasteiger partial charge in [-0.3, -0.25) is 0 Å². The minimum atomic E-state index is 0.551. The van der Waals surface area contributed by atoms with Gasteiger partial charge in [-0.15, -0.1) is 0 Å². The zero-order valence-electron chi connectivity index (χ0n) is 8.10. The van der Waals surface area contributed by atoms with E-state index in [1.807, 2.05) is 0 Å². The zero-order chi connectivity index (χ0) is 10.6. The highest BCUT2D eigenvalue weighted by atomic mass is 16.4. The lowest BCUT2D eigenvalue weighted by molar-refractivity contribution is 0.318. The number of benzene rings is 1. The molecule has 0 spiro atoms. The lowest BCUT2D eigenvalue weighted by Crippen LogP contribution is -1.98. The van der Waals surface area contributed by atoms with Crippen LogP contribution in [0.2, 0.25) is 0 Å². The van der Waals surface area contributed by atoms with E-state index in [0.29, 0.717) is 11.4 Å². The van der Waals surface area contributed by atoms with Crippen LogP contribution in [0.25, 0.3) is 0 Å². The maximum atomic E-state index is 8.54. The van der Waals surface area contributed by atoms with Crippen LogP contribution >= 0.6 is 0 Å². The lowest BCUT2D eigenvalue weighted by atomic mass is 10.1. The Hall–Kier alpha value is -1.84. The fourth-order valence-corrected chi connectivity index (χ4v) is 1.07. The van der Waals surface area contributed by atoms with Crippen molar-refractivity contribution in [3.8, 4) is 0 Å². The smallest absolute Gasteiger partial charge is 0.0836 e. The van der Waals surface area contributed by atoms with E-state index in [1.165, 1.54) is 0 Å². The fraction of sp³-hybridized carbons (Fsp3) is 0.200. The van der Waals surface area contributed by atoms with Crippen LogP contribution < -0.4 is 0 Å². The molecule has 0 radical (unpaired) electrons. The molecule has 0 fully saturated rings. The van der Waals surface area contributed by atoms with Crippen molar-refractivity contribution in [1.82, 2.24) is 0 Å². The summed E-state index contributed by atoms with van der Waals surface area (Å²) >= 11 is 0. The quantitative estimate of drug-likeness (QED) is 0.428. The molecule has 74 valence electrons. The summed E-state index contributed by atoms with van der Waals surface area (Å²) in [4.78, 5) is 0. The first-order valence-corrected chi connectivity index (χ1v) is 4.17. The number of rotatable bonds is 2. The standard InChI is InChI=1S/C10H12N2O2/c1-7(11-13)9-3-5-10(6-4-9)8(2)12-14/h3-6,13-14H,1-2H3/b11-7-,12-8-. The highest BCUT2D eigenvalue weighted by Crippen LogP contribution is 2.06. The van der Waals surface area contributed by atoms with Crippen LogP contribution in [-0.2, 0) is 0 Å². The van der Waals surface area contributed by atoms with Crippen LogP contribution in [0.4, 0.5) is 0 Å². The van der Waals surface area contributed by atoms with Gasteiger partial charge in [-0.1, -0.05) is 34.6 Å². The highest BCUT2D eigenvalue weighted by molar-refractivity contribution is 6.01. The molecule has 4 nitrogen and oxygen atoms in total. The van der Waals surface area contributed by atoms with E-state index >= 15 is 0 Å². The van der Waals surface area contributed by atoms with E-state index in [-0.39, 0.29) is 0 Å². The molecule has 0 bridgehead atoms. The summed E-state index contributed by atoms with van der Waals surface area (Å²) < 4.78 is 0. The minimum absolute atomic E-state index is 0.551. The topological polar surface area (TPSA) is 65.2 Å². The molecule has 0 aliphatic heterocycles. The van der Waals surface area contributed by atoms with Gasteiger partial charge < -0.3 is 10.4 Å². The largest absolute Gasteiger partial charge is 0.411 e. The van der Waals surface area contributed by atoms with Crippen LogP contribution in [0.5, 0.6) is 0 Å². The summed E-state index contributed by atoms with van der Waals surface area (Å²) in [7, 11) is 0. The van der Waals surface area contributed by atoms with Crippen molar-refractivity contribution in [3.63, 3.8) is 0 Å². The molecule has 1 rings (SSSR count). The molecule has 0 saturated heterocycles. The lowest BCUT2D eigenvalue weighted by Gasteiger charge is -2.01. The second kappa shape index (κ2) is 4.41. The van der Waals surface area contributed by atoms with Gasteiger partial charge in [0.25, 0.3) is 0 Å². The van der Waals surface area contributed by atoms with Crippen LogP contribution in [0.3, 0.4) is 0 Å². The maximum absolute atomic E-state index is 8.54. The third-order valence-electron chi connectivity index (χ3n) is 2.02. The van der Waals surface area contributed by atoms with Crippen LogP contribution in [0, 0.1) is 0 Å².